The number of carbonyl (C=O) groups is 1. The zero-order valence-electron chi connectivity index (χ0n) is 16.5. The molecule has 0 bridgehead atoms. The molecular weight excluding hydrogens is 354 g/mol. The topological polar surface area (TPSA) is 53.8 Å². The van der Waals surface area contributed by atoms with Crippen molar-refractivity contribution in [2.24, 2.45) is 0 Å². The average molecular weight is 381 g/mol. The van der Waals surface area contributed by atoms with Crippen LogP contribution < -0.4 is 0 Å². The molecule has 7 heteroatoms. The van der Waals surface area contributed by atoms with Crippen LogP contribution in [-0.2, 0) is 18.0 Å². The zero-order valence-corrected chi connectivity index (χ0v) is 16.5. The minimum absolute atomic E-state index is 0.197. The second-order valence-electron chi connectivity index (χ2n) is 7.60. The summed E-state index contributed by atoms with van der Waals surface area (Å²) in [5.74, 6) is 0. The van der Waals surface area contributed by atoms with E-state index in [4.69, 9.17) is 4.74 Å². The van der Waals surface area contributed by atoms with Gasteiger partial charge in [0.15, 0.2) is 6.73 Å². The van der Waals surface area contributed by atoms with E-state index >= 15 is 0 Å². The van der Waals surface area contributed by atoms with Crippen LogP contribution in [-0.4, -0.2) is 63.7 Å². The van der Waals surface area contributed by atoms with Gasteiger partial charge >= 0.3 is 6.09 Å². The highest BCUT2D eigenvalue weighted by Crippen LogP contribution is 2.26. The van der Waals surface area contributed by atoms with Gasteiger partial charge in [-0.3, -0.25) is 4.90 Å². The Morgan fingerprint density at radius 1 is 1.21 bits per heavy atom. The summed E-state index contributed by atoms with van der Waals surface area (Å²) in [5, 5.41) is 0. The highest BCUT2D eigenvalue weighted by Gasteiger charge is 2.30. The SMILES string of the molecule is Cc1cn(COC(=O)N2CCC3=C(CN(Cc4ccccc4)CN3C)C2)cn1. The third-order valence-corrected chi connectivity index (χ3v) is 5.30. The van der Waals surface area contributed by atoms with E-state index in [9.17, 15) is 4.79 Å². The molecule has 148 valence electrons. The Kier molecular flexibility index (Phi) is 5.34. The van der Waals surface area contributed by atoms with E-state index < -0.39 is 0 Å². The second kappa shape index (κ2) is 8.06. The number of imidazole rings is 1. The molecular formula is C21H27N5O2. The van der Waals surface area contributed by atoms with Crippen LogP contribution >= 0.6 is 0 Å². The third-order valence-electron chi connectivity index (χ3n) is 5.30. The van der Waals surface area contributed by atoms with Gasteiger partial charge in [-0.2, -0.15) is 0 Å². The van der Waals surface area contributed by atoms with Crippen molar-refractivity contribution in [2.45, 2.75) is 26.6 Å². The van der Waals surface area contributed by atoms with Gasteiger partial charge in [-0.15, -0.1) is 0 Å². The summed E-state index contributed by atoms with van der Waals surface area (Å²) in [5.41, 5.74) is 4.90. The molecule has 1 aromatic carbocycles. The first-order valence-corrected chi connectivity index (χ1v) is 9.67. The number of aryl methyl sites for hydroxylation is 1. The van der Waals surface area contributed by atoms with E-state index in [0.717, 1.165) is 31.9 Å². The molecule has 2 aromatic rings. The fourth-order valence-corrected chi connectivity index (χ4v) is 3.99. The maximum absolute atomic E-state index is 12.5. The summed E-state index contributed by atoms with van der Waals surface area (Å²) in [7, 11) is 2.14. The van der Waals surface area contributed by atoms with Crippen molar-refractivity contribution in [1.29, 1.82) is 0 Å². The Balaban J connectivity index is 1.36. The monoisotopic (exact) mass is 381 g/mol. The van der Waals surface area contributed by atoms with Crippen molar-refractivity contribution in [3.8, 4) is 0 Å². The molecule has 0 radical (unpaired) electrons. The zero-order chi connectivity index (χ0) is 19.5. The number of amides is 1. The molecule has 0 unspecified atom stereocenters. The highest BCUT2D eigenvalue weighted by molar-refractivity contribution is 5.68. The summed E-state index contributed by atoms with van der Waals surface area (Å²) in [6.07, 6.45) is 4.16. The van der Waals surface area contributed by atoms with Gasteiger partial charge < -0.3 is 19.1 Å². The summed E-state index contributed by atoms with van der Waals surface area (Å²) in [6.45, 7) is 6.15. The first-order chi connectivity index (χ1) is 13.6. The minimum Gasteiger partial charge on any atom is -0.428 e. The van der Waals surface area contributed by atoms with Crippen LogP contribution in [0, 0.1) is 6.92 Å². The fraction of sp³-hybridized carbons (Fsp3) is 0.429. The molecule has 4 rings (SSSR count). The number of hydrogen-bond acceptors (Lipinski definition) is 5. The Morgan fingerprint density at radius 3 is 2.79 bits per heavy atom. The minimum atomic E-state index is -0.263. The first kappa shape index (κ1) is 18.6. The third kappa shape index (κ3) is 4.20. The lowest BCUT2D eigenvalue weighted by Crippen LogP contribution is -2.48. The average Bonchev–Trinajstić information content (AvgIpc) is 3.11. The largest absolute Gasteiger partial charge is 0.428 e. The van der Waals surface area contributed by atoms with Crippen LogP contribution in [0.15, 0.2) is 54.1 Å². The molecule has 0 saturated heterocycles. The van der Waals surface area contributed by atoms with Crippen molar-refractivity contribution in [3.63, 3.8) is 0 Å². The van der Waals surface area contributed by atoms with Crippen molar-refractivity contribution in [2.75, 3.05) is 33.4 Å². The lowest BCUT2D eigenvalue weighted by molar-refractivity contribution is 0.0699. The maximum Gasteiger partial charge on any atom is 0.411 e. The van der Waals surface area contributed by atoms with E-state index in [1.54, 1.807) is 10.9 Å². The molecule has 0 aliphatic carbocycles. The van der Waals surface area contributed by atoms with Crippen LogP contribution in [0.1, 0.15) is 17.7 Å². The van der Waals surface area contributed by atoms with Crippen LogP contribution in [0.3, 0.4) is 0 Å². The smallest absolute Gasteiger partial charge is 0.411 e. The molecule has 2 aliphatic rings. The summed E-state index contributed by atoms with van der Waals surface area (Å²) in [4.78, 5) is 23.2. The molecule has 2 aliphatic heterocycles. The number of benzene rings is 1. The predicted molar refractivity (Wildman–Crippen MR) is 106 cm³/mol. The van der Waals surface area contributed by atoms with Crippen LogP contribution in [0.4, 0.5) is 4.79 Å². The van der Waals surface area contributed by atoms with Crippen molar-refractivity contribution in [1.82, 2.24) is 24.3 Å². The number of aromatic nitrogens is 2. The van der Waals surface area contributed by atoms with E-state index in [-0.39, 0.29) is 12.8 Å². The normalized spacial score (nSPS) is 17.6. The number of rotatable bonds is 4. The predicted octanol–water partition coefficient (Wildman–Crippen LogP) is 2.65. The van der Waals surface area contributed by atoms with Gasteiger partial charge in [0.05, 0.1) is 18.7 Å². The molecule has 28 heavy (non-hydrogen) atoms. The second-order valence-corrected chi connectivity index (χ2v) is 7.60. The lowest BCUT2D eigenvalue weighted by atomic mass is 10.0. The van der Waals surface area contributed by atoms with Crippen molar-refractivity contribution < 1.29 is 9.53 Å². The van der Waals surface area contributed by atoms with Crippen molar-refractivity contribution >= 4 is 6.09 Å². The molecule has 0 fully saturated rings. The molecule has 1 amide bonds. The number of hydrogen-bond donors (Lipinski definition) is 0. The van der Waals surface area contributed by atoms with Gasteiger partial charge in [-0.1, -0.05) is 30.3 Å². The molecule has 1 aromatic heterocycles. The van der Waals surface area contributed by atoms with Crippen LogP contribution in [0.2, 0.25) is 0 Å². The Bertz CT molecular complexity index is 861. The van der Waals surface area contributed by atoms with Gasteiger partial charge in [0.2, 0.25) is 0 Å². The fourth-order valence-electron chi connectivity index (χ4n) is 3.99. The van der Waals surface area contributed by atoms with Gasteiger partial charge in [0.25, 0.3) is 0 Å². The van der Waals surface area contributed by atoms with Gasteiger partial charge in [-0.25, -0.2) is 9.78 Å². The van der Waals surface area contributed by atoms with E-state index in [2.05, 4.69) is 46.1 Å². The number of carbonyl (C=O) groups excluding carboxylic acids is 1. The summed E-state index contributed by atoms with van der Waals surface area (Å²) < 4.78 is 7.25. The Hall–Kier alpha value is -2.80. The standard InChI is InChI=1S/C21H27N5O2/c1-17-10-25(14-22-17)16-28-21(27)26-9-8-20-19(13-26)12-24(15-23(20)2)11-18-6-4-3-5-7-18/h3-7,10,14H,8-9,11-13,15-16H2,1-2H3. The van der Waals surface area contributed by atoms with Gasteiger partial charge in [0.1, 0.15) is 0 Å². The first-order valence-electron chi connectivity index (χ1n) is 9.67. The molecule has 0 spiro atoms. The van der Waals surface area contributed by atoms with E-state index in [1.807, 2.05) is 24.1 Å². The highest BCUT2D eigenvalue weighted by atomic mass is 16.6. The van der Waals surface area contributed by atoms with Gasteiger partial charge in [0, 0.05) is 51.5 Å². The van der Waals surface area contributed by atoms with Crippen LogP contribution in [0.25, 0.3) is 0 Å². The summed E-state index contributed by atoms with van der Waals surface area (Å²) >= 11 is 0. The maximum atomic E-state index is 12.5. The van der Waals surface area contributed by atoms with Gasteiger partial charge in [-0.05, 0) is 18.1 Å². The van der Waals surface area contributed by atoms with Crippen molar-refractivity contribution in [3.05, 3.63) is 65.4 Å². The lowest BCUT2D eigenvalue weighted by Gasteiger charge is -2.42. The van der Waals surface area contributed by atoms with E-state index in [0.29, 0.717) is 13.1 Å². The molecule has 3 heterocycles. The molecule has 0 atom stereocenters. The quantitative estimate of drug-likeness (QED) is 0.815. The Labute approximate surface area is 165 Å². The van der Waals surface area contributed by atoms with Crippen LogP contribution in [0.5, 0.6) is 0 Å². The van der Waals surface area contributed by atoms with E-state index in [1.165, 1.54) is 16.8 Å². The molecule has 0 N–H and O–H groups in total. The summed E-state index contributed by atoms with van der Waals surface area (Å²) in [6, 6.07) is 10.5. The number of nitrogens with zero attached hydrogens (tertiary/aromatic N) is 5. The molecule has 7 nitrogen and oxygen atoms in total. The molecule has 0 saturated carbocycles. The number of ether oxygens (including phenoxy) is 1. The Morgan fingerprint density at radius 2 is 2.04 bits per heavy atom.